The Hall–Kier alpha value is -1.77. The quantitative estimate of drug-likeness (QED) is 0.517. The zero-order valence-electron chi connectivity index (χ0n) is 14.2. The van der Waals surface area contributed by atoms with Gasteiger partial charge in [0.25, 0.3) is 0 Å². The monoisotopic (exact) mass is 418 g/mol. The van der Waals surface area contributed by atoms with E-state index in [0.717, 1.165) is 6.92 Å². The summed E-state index contributed by atoms with van der Waals surface area (Å²) in [6, 6.07) is 0. The number of allylic oxidation sites excluding steroid dienone is 2. The minimum Gasteiger partial charge on any atom is -0.481 e. The topological polar surface area (TPSA) is 37.3 Å². The van der Waals surface area contributed by atoms with Crippen molar-refractivity contribution in [3.05, 3.63) is 45.5 Å². The molecule has 1 aromatic carbocycles. The van der Waals surface area contributed by atoms with Gasteiger partial charge in [0.15, 0.2) is 23.3 Å². The fraction of sp³-hybridized carbons (Fsp3) is 0.471. The first kappa shape index (κ1) is 21.5. The van der Waals surface area contributed by atoms with Gasteiger partial charge in [-0.15, -0.1) is 0 Å². The van der Waals surface area contributed by atoms with Gasteiger partial charge in [-0.05, 0) is 18.8 Å². The Morgan fingerprint density at radius 2 is 1.56 bits per heavy atom. The lowest BCUT2D eigenvalue weighted by atomic mass is 9.87. The van der Waals surface area contributed by atoms with Crippen molar-refractivity contribution in [2.24, 2.45) is 16.7 Å². The second-order valence-electron chi connectivity index (χ2n) is 7.02. The van der Waals surface area contributed by atoms with E-state index in [-0.39, 0.29) is 0 Å². The zero-order valence-corrected chi connectivity index (χ0v) is 15.0. The molecule has 27 heavy (non-hydrogen) atoms. The molecule has 1 aromatic rings. The van der Waals surface area contributed by atoms with Crippen LogP contribution in [0.15, 0.2) is 11.1 Å². The second-order valence-corrected chi connectivity index (χ2v) is 7.43. The van der Waals surface area contributed by atoms with Crippen molar-refractivity contribution in [2.45, 2.75) is 33.4 Å². The molecule has 0 unspecified atom stereocenters. The van der Waals surface area contributed by atoms with Crippen molar-refractivity contribution in [3.8, 4) is 0 Å². The summed E-state index contributed by atoms with van der Waals surface area (Å²) in [6.07, 6.45) is -5.54. The van der Waals surface area contributed by atoms with Crippen LogP contribution in [0.5, 0.6) is 0 Å². The molecule has 0 spiro atoms. The maximum absolute atomic E-state index is 14.2. The van der Waals surface area contributed by atoms with E-state index in [9.17, 15) is 40.6 Å². The predicted octanol–water partition coefficient (Wildman–Crippen LogP) is 5.51. The molecule has 10 heteroatoms. The molecule has 1 saturated carbocycles. The standard InChI is InChI=1S/C17H14ClF7O2/c1-6-10(19)12(21)7(13(22)11(6)20)5-16(14(26)27)8(15(16,2)3)4-9(18)17(23,24)25/h4,8H,5H2,1-3H3,(H,26,27)/b9-4+/t8-,16+/m1/s1. The summed E-state index contributed by atoms with van der Waals surface area (Å²) in [5, 5.41) is 7.98. The van der Waals surface area contributed by atoms with E-state index in [1.807, 2.05) is 0 Å². The third-order valence-corrected chi connectivity index (χ3v) is 5.71. The van der Waals surface area contributed by atoms with E-state index < -0.39 is 74.7 Å². The molecule has 2 rings (SSSR count). The molecule has 0 aliphatic heterocycles. The lowest BCUT2D eigenvalue weighted by molar-refractivity contribution is -0.145. The molecule has 0 amide bonds. The van der Waals surface area contributed by atoms with E-state index in [1.54, 1.807) is 0 Å². The Labute approximate surface area is 154 Å². The van der Waals surface area contributed by atoms with E-state index in [0.29, 0.717) is 6.08 Å². The number of carboxylic acids is 1. The van der Waals surface area contributed by atoms with Crippen LogP contribution in [0.2, 0.25) is 0 Å². The minimum atomic E-state index is -4.94. The number of hydrogen-bond acceptors (Lipinski definition) is 1. The van der Waals surface area contributed by atoms with Crippen LogP contribution in [-0.4, -0.2) is 17.3 Å². The number of aliphatic carboxylic acids is 1. The largest absolute Gasteiger partial charge is 0.481 e. The van der Waals surface area contributed by atoms with Gasteiger partial charge in [0.05, 0.1) is 5.41 Å². The third kappa shape index (κ3) is 3.09. The maximum Gasteiger partial charge on any atom is 0.426 e. The summed E-state index contributed by atoms with van der Waals surface area (Å²) < 4.78 is 93.9. The van der Waals surface area contributed by atoms with Crippen molar-refractivity contribution in [1.29, 1.82) is 0 Å². The van der Waals surface area contributed by atoms with Crippen LogP contribution in [0.3, 0.4) is 0 Å². The van der Waals surface area contributed by atoms with Crippen molar-refractivity contribution >= 4 is 17.6 Å². The third-order valence-electron chi connectivity index (χ3n) is 5.37. The van der Waals surface area contributed by atoms with Crippen LogP contribution in [0, 0.1) is 46.9 Å². The van der Waals surface area contributed by atoms with Gasteiger partial charge >= 0.3 is 12.1 Å². The van der Waals surface area contributed by atoms with Gasteiger partial charge in [0.2, 0.25) is 0 Å². The Kier molecular flexibility index (Phi) is 5.10. The first-order chi connectivity index (χ1) is 12.1. The highest BCUT2D eigenvalue weighted by atomic mass is 35.5. The van der Waals surface area contributed by atoms with E-state index >= 15 is 0 Å². The molecule has 0 aromatic heterocycles. The highest BCUT2D eigenvalue weighted by molar-refractivity contribution is 6.30. The molecular weight excluding hydrogens is 405 g/mol. The van der Waals surface area contributed by atoms with Crippen molar-refractivity contribution in [2.75, 3.05) is 0 Å². The maximum atomic E-state index is 14.2. The van der Waals surface area contributed by atoms with Crippen LogP contribution in [0.4, 0.5) is 30.7 Å². The molecule has 0 saturated heterocycles. The predicted molar refractivity (Wildman–Crippen MR) is 82.0 cm³/mol. The van der Waals surface area contributed by atoms with Gasteiger partial charge in [-0.2, -0.15) is 13.2 Å². The lowest BCUT2D eigenvalue weighted by Crippen LogP contribution is -2.26. The number of carbonyl (C=O) groups is 1. The molecule has 1 fully saturated rings. The van der Waals surface area contributed by atoms with Gasteiger partial charge in [0.1, 0.15) is 5.03 Å². The Bertz CT molecular complexity index is 816. The fourth-order valence-corrected chi connectivity index (χ4v) is 3.66. The summed E-state index contributed by atoms with van der Waals surface area (Å²) in [6.45, 7) is 3.32. The van der Waals surface area contributed by atoms with E-state index in [2.05, 4.69) is 0 Å². The summed E-state index contributed by atoms with van der Waals surface area (Å²) in [5.74, 6) is -9.98. The number of halogens is 8. The van der Waals surface area contributed by atoms with Gasteiger partial charge in [0, 0.05) is 17.0 Å². The molecular formula is C17H14ClF7O2. The average molecular weight is 419 g/mol. The summed E-state index contributed by atoms with van der Waals surface area (Å²) in [7, 11) is 0. The Balaban J connectivity index is 2.60. The fourth-order valence-electron chi connectivity index (χ4n) is 3.53. The molecule has 1 aliphatic carbocycles. The van der Waals surface area contributed by atoms with Gasteiger partial charge < -0.3 is 5.11 Å². The molecule has 0 bridgehead atoms. The number of alkyl halides is 3. The van der Waals surface area contributed by atoms with Crippen LogP contribution in [-0.2, 0) is 11.2 Å². The number of benzene rings is 1. The second kappa shape index (κ2) is 6.39. The van der Waals surface area contributed by atoms with Gasteiger partial charge in [-0.3, -0.25) is 4.79 Å². The summed E-state index contributed by atoms with van der Waals surface area (Å²) in [5.41, 5.74) is -5.65. The van der Waals surface area contributed by atoms with Gasteiger partial charge in [-0.25, -0.2) is 17.6 Å². The normalized spacial score (nSPS) is 24.9. The highest BCUT2D eigenvalue weighted by Gasteiger charge is 2.75. The highest BCUT2D eigenvalue weighted by Crippen LogP contribution is 2.71. The molecule has 1 aliphatic rings. The first-order valence-electron chi connectivity index (χ1n) is 7.60. The molecule has 2 atom stereocenters. The van der Waals surface area contributed by atoms with Crippen LogP contribution >= 0.6 is 11.6 Å². The van der Waals surface area contributed by atoms with Crippen molar-refractivity contribution < 1.29 is 40.6 Å². The number of hydrogen-bond donors (Lipinski definition) is 1. The van der Waals surface area contributed by atoms with E-state index in [1.165, 1.54) is 13.8 Å². The Morgan fingerprint density at radius 3 is 1.93 bits per heavy atom. The average Bonchev–Trinajstić information content (AvgIpc) is 3.02. The summed E-state index contributed by atoms with van der Waals surface area (Å²) in [4.78, 5) is 11.8. The van der Waals surface area contributed by atoms with E-state index in [4.69, 9.17) is 11.6 Å². The van der Waals surface area contributed by atoms with Crippen molar-refractivity contribution in [3.63, 3.8) is 0 Å². The molecule has 1 N–H and O–H groups in total. The smallest absolute Gasteiger partial charge is 0.426 e. The molecule has 2 nitrogen and oxygen atoms in total. The molecule has 0 heterocycles. The SMILES string of the molecule is Cc1c(F)c(F)c(C[C@@]2(C(=O)O)[C@H](/C=C(/Cl)C(F)(F)F)C2(C)C)c(F)c1F. The lowest BCUT2D eigenvalue weighted by Gasteiger charge is -2.18. The number of carboxylic acid groups (broad SMARTS) is 1. The Morgan fingerprint density at radius 1 is 1.11 bits per heavy atom. The molecule has 0 radical (unpaired) electrons. The van der Waals surface area contributed by atoms with Crippen LogP contribution < -0.4 is 0 Å². The minimum absolute atomic E-state index is 0.451. The zero-order chi connectivity index (χ0) is 21.1. The first-order valence-corrected chi connectivity index (χ1v) is 7.97. The van der Waals surface area contributed by atoms with Crippen LogP contribution in [0.1, 0.15) is 25.0 Å². The summed E-state index contributed by atoms with van der Waals surface area (Å²) >= 11 is 5.16. The van der Waals surface area contributed by atoms with Crippen LogP contribution in [0.25, 0.3) is 0 Å². The number of rotatable bonds is 4. The molecule has 150 valence electrons. The van der Waals surface area contributed by atoms with Gasteiger partial charge in [-0.1, -0.05) is 31.5 Å². The van der Waals surface area contributed by atoms with Crippen molar-refractivity contribution in [1.82, 2.24) is 0 Å².